The quantitative estimate of drug-likeness (QED) is 0.915. The van der Waals surface area contributed by atoms with Gasteiger partial charge in [0.25, 0.3) is 0 Å². The van der Waals surface area contributed by atoms with E-state index in [-0.39, 0.29) is 6.61 Å². The monoisotopic (exact) mass is 304 g/mol. The number of hydrogen-bond acceptors (Lipinski definition) is 3. The highest BCUT2D eigenvalue weighted by Gasteiger charge is 2.46. The number of ether oxygens (including phenoxy) is 2. The zero-order valence-corrected chi connectivity index (χ0v) is 12.5. The standard InChI is InChI=1S/C14H18Cl2O3/c1-3-14(4-2)18-11(8-17)13(19-14)12-9(15)6-5-7-10(12)16/h5-7,11,13,17H,3-4,8H2,1-2H3/t11-,13+/m1/s1. The van der Waals surface area contributed by atoms with Crippen molar-refractivity contribution in [2.45, 2.75) is 44.7 Å². The molecule has 1 aliphatic rings. The first-order chi connectivity index (χ1) is 9.06. The lowest BCUT2D eigenvalue weighted by atomic mass is 10.0. The molecule has 0 radical (unpaired) electrons. The lowest BCUT2D eigenvalue weighted by molar-refractivity contribution is -0.181. The molecule has 2 atom stereocenters. The summed E-state index contributed by atoms with van der Waals surface area (Å²) >= 11 is 12.4. The maximum absolute atomic E-state index is 9.51. The van der Waals surface area contributed by atoms with E-state index in [1.54, 1.807) is 18.2 Å². The normalized spacial score (nSPS) is 25.7. The van der Waals surface area contributed by atoms with E-state index < -0.39 is 18.0 Å². The Kier molecular flexibility index (Phi) is 4.75. The van der Waals surface area contributed by atoms with E-state index in [0.717, 1.165) is 0 Å². The summed E-state index contributed by atoms with van der Waals surface area (Å²) in [6, 6.07) is 5.31. The lowest BCUT2D eigenvalue weighted by Crippen LogP contribution is -2.29. The summed E-state index contributed by atoms with van der Waals surface area (Å²) in [7, 11) is 0. The SMILES string of the molecule is CCC1(CC)O[C@H](c2c(Cl)cccc2Cl)[C@@H](CO)O1. The molecule has 1 aromatic rings. The van der Waals surface area contributed by atoms with E-state index in [1.165, 1.54) is 0 Å². The molecule has 1 N–H and O–H groups in total. The smallest absolute Gasteiger partial charge is 0.169 e. The van der Waals surface area contributed by atoms with Crippen LogP contribution in [0.3, 0.4) is 0 Å². The van der Waals surface area contributed by atoms with Gasteiger partial charge in [0.2, 0.25) is 0 Å². The Balaban J connectivity index is 2.38. The topological polar surface area (TPSA) is 38.7 Å². The van der Waals surface area contributed by atoms with E-state index in [4.69, 9.17) is 32.7 Å². The van der Waals surface area contributed by atoms with Gasteiger partial charge in [0.1, 0.15) is 12.2 Å². The molecule has 0 aliphatic carbocycles. The van der Waals surface area contributed by atoms with Gasteiger partial charge in [0.15, 0.2) is 5.79 Å². The summed E-state index contributed by atoms with van der Waals surface area (Å²) < 4.78 is 11.9. The molecule has 0 amide bonds. The molecular formula is C14H18Cl2O3. The van der Waals surface area contributed by atoms with E-state index in [2.05, 4.69) is 0 Å². The number of aliphatic hydroxyl groups excluding tert-OH is 1. The lowest BCUT2D eigenvalue weighted by Gasteiger charge is -2.25. The average Bonchev–Trinajstić information content (AvgIpc) is 2.78. The summed E-state index contributed by atoms with van der Waals surface area (Å²) in [5.41, 5.74) is 0.689. The molecule has 0 bridgehead atoms. The van der Waals surface area contributed by atoms with Gasteiger partial charge >= 0.3 is 0 Å². The predicted octanol–water partition coefficient (Wildman–Crippen LogP) is 3.96. The van der Waals surface area contributed by atoms with Crippen LogP contribution in [0.4, 0.5) is 0 Å². The van der Waals surface area contributed by atoms with Crippen LogP contribution >= 0.6 is 23.2 Å². The van der Waals surface area contributed by atoms with Gasteiger partial charge in [0.05, 0.1) is 6.61 Å². The molecule has 106 valence electrons. The van der Waals surface area contributed by atoms with Gasteiger partial charge in [-0.25, -0.2) is 0 Å². The second-order valence-electron chi connectivity index (χ2n) is 4.63. The molecule has 0 aromatic heterocycles. The van der Waals surface area contributed by atoms with Crippen molar-refractivity contribution in [3.8, 4) is 0 Å². The van der Waals surface area contributed by atoms with Crippen LogP contribution in [0, 0.1) is 0 Å². The summed E-state index contributed by atoms with van der Waals surface area (Å²) in [5, 5.41) is 10.6. The highest BCUT2D eigenvalue weighted by atomic mass is 35.5. The third kappa shape index (κ3) is 2.76. The molecule has 0 unspecified atom stereocenters. The van der Waals surface area contributed by atoms with Gasteiger partial charge in [-0.1, -0.05) is 43.1 Å². The molecule has 1 heterocycles. The first kappa shape index (κ1) is 15.1. The maximum Gasteiger partial charge on any atom is 0.169 e. The third-order valence-electron chi connectivity index (χ3n) is 3.59. The van der Waals surface area contributed by atoms with Crippen LogP contribution in [-0.4, -0.2) is 23.6 Å². The summed E-state index contributed by atoms with van der Waals surface area (Å²) in [4.78, 5) is 0. The third-order valence-corrected chi connectivity index (χ3v) is 4.25. The number of benzene rings is 1. The van der Waals surface area contributed by atoms with Crippen molar-refractivity contribution in [3.63, 3.8) is 0 Å². The van der Waals surface area contributed by atoms with Crippen molar-refractivity contribution in [2.24, 2.45) is 0 Å². The molecule has 19 heavy (non-hydrogen) atoms. The van der Waals surface area contributed by atoms with Crippen molar-refractivity contribution in [1.29, 1.82) is 0 Å². The minimum atomic E-state index is -0.666. The Hall–Kier alpha value is -0.320. The zero-order chi connectivity index (χ0) is 14.0. The van der Waals surface area contributed by atoms with Gasteiger partial charge in [-0.05, 0) is 25.0 Å². The molecule has 5 heteroatoms. The van der Waals surface area contributed by atoms with E-state index >= 15 is 0 Å². The minimum absolute atomic E-state index is 0.131. The van der Waals surface area contributed by atoms with Crippen LogP contribution in [0.2, 0.25) is 10.0 Å². The van der Waals surface area contributed by atoms with Crippen LogP contribution in [0.1, 0.15) is 38.4 Å². The number of halogens is 2. The van der Waals surface area contributed by atoms with Crippen molar-refractivity contribution >= 4 is 23.2 Å². The van der Waals surface area contributed by atoms with Crippen LogP contribution in [0.5, 0.6) is 0 Å². The van der Waals surface area contributed by atoms with Gasteiger partial charge in [-0.2, -0.15) is 0 Å². The Labute approximate surface area is 123 Å². The van der Waals surface area contributed by atoms with Crippen LogP contribution in [-0.2, 0) is 9.47 Å². The second-order valence-corrected chi connectivity index (χ2v) is 5.44. The minimum Gasteiger partial charge on any atom is -0.394 e. The van der Waals surface area contributed by atoms with Gasteiger partial charge < -0.3 is 14.6 Å². The van der Waals surface area contributed by atoms with Crippen LogP contribution in [0.15, 0.2) is 18.2 Å². The average molecular weight is 305 g/mol. The largest absolute Gasteiger partial charge is 0.394 e. The number of hydrogen-bond donors (Lipinski definition) is 1. The van der Waals surface area contributed by atoms with Crippen LogP contribution in [0.25, 0.3) is 0 Å². The Morgan fingerprint density at radius 1 is 1.16 bits per heavy atom. The Morgan fingerprint density at radius 3 is 2.21 bits per heavy atom. The molecule has 2 rings (SSSR count). The molecule has 1 aliphatic heterocycles. The van der Waals surface area contributed by atoms with E-state index in [9.17, 15) is 5.11 Å². The van der Waals surface area contributed by atoms with Crippen LogP contribution < -0.4 is 0 Å². The van der Waals surface area contributed by atoms with Crippen molar-refractivity contribution in [1.82, 2.24) is 0 Å². The van der Waals surface area contributed by atoms with Crippen molar-refractivity contribution in [2.75, 3.05) is 6.61 Å². The fourth-order valence-corrected chi connectivity index (χ4v) is 3.03. The molecule has 1 aromatic carbocycles. The summed E-state index contributed by atoms with van der Waals surface area (Å²) in [5.74, 6) is -0.666. The Morgan fingerprint density at radius 2 is 1.74 bits per heavy atom. The predicted molar refractivity (Wildman–Crippen MR) is 75.6 cm³/mol. The van der Waals surface area contributed by atoms with Gasteiger partial charge in [0, 0.05) is 15.6 Å². The molecule has 0 saturated carbocycles. The second kappa shape index (κ2) is 5.98. The first-order valence-corrected chi connectivity index (χ1v) is 7.23. The maximum atomic E-state index is 9.51. The Bertz CT molecular complexity index is 426. The van der Waals surface area contributed by atoms with Crippen molar-refractivity contribution < 1.29 is 14.6 Å². The highest BCUT2D eigenvalue weighted by molar-refractivity contribution is 6.36. The number of aliphatic hydroxyl groups is 1. The first-order valence-electron chi connectivity index (χ1n) is 6.47. The van der Waals surface area contributed by atoms with E-state index in [1.807, 2.05) is 13.8 Å². The van der Waals surface area contributed by atoms with Gasteiger partial charge in [-0.3, -0.25) is 0 Å². The molecule has 1 saturated heterocycles. The zero-order valence-electron chi connectivity index (χ0n) is 11.0. The highest BCUT2D eigenvalue weighted by Crippen LogP contribution is 2.45. The van der Waals surface area contributed by atoms with E-state index in [0.29, 0.717) is 28.5 Å². The summed E-state index contributed by atoms with van der Waals surface area (Å²) in [6.07, 6.45) is 0.528. The number of rotatable bonds is 4. The van der Waals surface area contributed by atoms with Gasteiger partial charge in [-0.15, -0.1) is 0 Å². The summed E-state index contributed by atoms with van der Waals surface area (Å²) in [6.45, 7) is 3.86. The molecule has 3 nitrogen and oxygen atoms in total. The molecular weight excluding hydrogens is 287 g/mol. The fourth-order valence-electron chi connectivity index (χ4n) is 2.42. The molecule has 0 spiro atoms. The molecule has 1 fully saturated rings. The van der Waals surface area contributed by atoms with Crippen molar-refractivity contribution in [3.05, 3.63) is 33.8 Å². The fraction of sp³-hybridized carbons (Fsp3) is 0.571.